The molecule has 2 rings (SSSR count). The maximum absolute atomic E-state index is 6.32. The van der Waals surface area contributed by atoms with Crippen molar-refractivity contribution < 1.29 is 4.42 Å². The predicted octanol–water partition coefficient (Wildman–Crippen LogP) is 4.59. The molecule has 0 fully saturated rings. The molecule has 0 saturated heterocycles. The lowest BCUT2D eigenvalue weighted by Crippen LogP contribution is -2.22. The summed E-state index contributed by atoms with van der Waals surface area (Å²) in [6.07, 6.45) is 0. The normalized spacial score (nSPS) is 11.3. The number of benzene rings is 1. The highest BCUT2D eigenvalue weighted by Gasteiger charge is 2.13. The minimum Gasteiger partial charge on any atom is -0.436 e. The van der Waals surface area contributed by atoms with E-state index in [2.05, 4.69) is 30.2 Å². The SMILES string of the molecule is Cc1nc(Sc2c(Cl)cccc2CNC(C)C)oc1C. The molecule has 0 saturated carbocycles. The first-order valence-electron chi connectivity index (χ1n) is 6.60. The van der Waals surface area contributed by atoms with Gasteiger partial charge < -0.3 is 9.73 Å². The summed E-state index contributed by atoms with van der Waals surface area (Å²) in [7, 11) is 0. The van der Waals surface area contributed by atoms with E-state index < -0.39 is 0 Å². The van der Waals surface area contributed by atoms with Crippen molar-refractivity contribution in [1.82, 2.24) is 10.3 Å². The maximum atomic E-state index is 6.32. The maximum Gasteiger partial charge on any atom is 0.261 e. The number of aromatic nitrogens is 1. The van der Waals surface area contributed by atoms with Crippen LogP contribution < -0.4 is 5.32 Å². The van der Waals surface area contributed by atoms with Gasteiger partial charge in [0.05, 0.1) is 10.7 Å². The van der Waals surface area contributed by atoms with Crippen LogP contribution in [0, 0.1) is 13.8 Å². The van der Waals surface area contributed by atoms with Gasteiger partial charge >= 0.3 is 0 Å². The summed E-state index contributed by atoms with van der Waals surface area (Å²) in [4.78, 5) is 5.40. The van der Waals surface area contributed by atoms with Gasteiger partial charge in [0, 0.05) is 17.5 Å². The quantitative estimate of drug-likeness (QED) is 0.876. The number of nitrogens with one attached hydrogen (secondary N) is 1. The fraction of sp³-hybridized carbons (Fsp3) is 0.400. The van der Waals surface area contributed by atoms with Crippen molar-refractivity contribution in [3.8, 4) is 0 Å². The number of hydrogen-bond donors (Lipinski definition) is 1. The zero-order valence-corrected chi connectivity index (χ0v) is 13.7. The van der Waals surface area contributed by atoms with Gasteiger partial charge in [-0.15, -0.1) is 0 Å². The molecule has 1 aromatic carbocycles. The van der Waals surface area contributed by atoms with E-state index in [4.69, 9.17) is 16.0 Å². The van der Waals surface area contributed by atoms with Gasteiger partial charge in [-0.2, -0.15) is 0 Å². The molecule has 20 heavy (non-hydrogen) atoms. The van der Waals surface area contributed by atoms with E-state index in [0.717, 1.165) is 33.5 Å². The second-order valence-electron chi connectivity index (χ2n) is 4.99. The number of aryl methyl sites for hydroxylation is 2. The molecule has 0 atom stereocenters. The van der Waals surface area contributed by atoms with E-state index >= 15 is 0 Å². The Balaban J connectivity index is 2.25. The van der Waals surface area contributed by atoms with E-state index in [-0.39, 0.29) is 0 Å². The Labute approximate surface area is 129 Å². The molecule has 0 aliphatic carbocycles. The Bertz CT molecular complexity index is 576. The van der Waals surface area contributed by atoms with Crippen LogP contribution in [-0.2, 0) is 6.54 Å². The van der Waals surface area contributed by atoms with E-state index in [9.17, 15) is 0 Å². The summed E-state index contributed by atoms with van der Waals surface area (Å²) in [6, 6.07) is 6.37. The topological polar surface area (TPSA) is 38.1 Å². The highest BCUT2D eigenvalue weighted by molar-refractivity contribution is 7.99. The van der Waals surface area contributed by atoms with Crippen molar-refractivity contribution in [2.75, 3.05) is 0 Å². The van der Waals surface area contributed by atoms with Crippen molar-refractivity contribution in [3.63, 3.8) is 0 Å². The molecule has 1 N–H and O–H groups in total. The largest absolute Gasteiger partial charge is 0.436 e. The molecule has 0 aliphatic heterocycles. The Kier molecular flexibility index (Phi) is 5.13. The first-order chi connectivity index (χ1) is 9.47. The fourth-order valence-corrected chi connectivity index (χ4v) is 2.97. The van der Waals surface area contributed by atoms with E-state index in [1.54, 1.807) is 0 Å². The van der Waals surface area contributed by atoms with Gasteiger partial charge in [0.2, 0.25) is 0 Å². The third-order valence-corrected chi connectivity index (χ3v) is 4.41. The molecular formula is C15H19ClN2OS. The Morgan fingerprint density at radius 3 is 2.70 bits per heavy atom. The Morgan fingerprint density at radius 2 is 2.10 bits per heavy atom. The van der Waals surface area contributed by atoms with Gasteiger partial charge in [0.15, 0.2) is 0 Å². The van der Waals surface area contributed by atoms with Crippen molar-refractivity contribution >= 4 is 23.4 Å². The summed E-state index contributed by atoms with van der Waals surface area (Å²) in [5, 5.41) is 4.77. The van der Waals surface area contributed by atoms with Gasteiger partial charge in [-0.3, -0.25) is 0 Å². The number of hydrogen-bond acceptors (Lipinski definition) is 4. The van der Waals surface area contributed by atoms with Crippen molar-refractivity contribution in [2.24, 2.45) is 0 Å². The standard InChI is InChI=1S/C15H19ClN2OS/c1-9(2)17-8-12-6-5-7-13(16)14(12)20-15-18-10(3)11(4)19-15/h5-7,9,17H,8H2,1-4H3. The lowest BCUT2D eigenvalue weighted by atomic mass is 10.2. The highest BCUT2D eigenvalue weighted by Crippen LogP contribution is 2.36. The number of oxazole rings is 1. The molecule has 108 valence electrons. The average molecular weight is 311 g/mol. The van der Waals surface area contributed by atoms with Crippen LogP contribution in [0.15, 0.2) is 32.7 Å². The molecular weight excluding hydrogens is 292 g/mol. The second-order valence-corrected chi connectivity index (χ2v) is 6.36. The average Bonchev–Trinajstić information content (AvgIpc) is 2.69. The van der Waals surface area contributed by atoms with Crippen molar-refractivity contribution in [1.29, 1.82) is 0 Å². The van der Waals surface area contributed by atoms with Crippen LogP contribution in [0.4, 0.5) is 0 Å². The van der Waals surface area contributed by atoms with Crippen LogP contribution in [0.1, 0.15) is 30.9 Å². The number of nitrogens with zero attached hydrogens (tertiary/aromatic N) is 1. The molecule has 0 radical (unpaired) electrons. The minimum atomic E-state index is 0.429. The molecule has 0 amide bonds. The van der Waals surface area contributed by atoms with Crippen molar-refractivity contribution in [2.45, 2.75) is 50.4 Å². The van der Waals surface area contributed by atoms with E-state index in [1.165, 1.54) is 11.8 Å². The zero-order chi connectivity index (χ0) is 14.7. The van der Waals surface area contributed by atoms with Gasteiger partial charge in [-0.1, -0.05) is 37.6 Å². The first-order valence-corrected chi connectivity index (χ1v) is 7.79. The molecule has 0 bridgehead atoms. The summed E-state index contributed by atoms with van der Waals surface area (Å²) < 4.78 is 5.63. The summed E-state index contributed by atoms with van der Waals surface area (Å²) >= 11 is 7.80. The lowest BCUT2D eigenvalue weighted by Gasteiger charge is -2.12. The Morgan fingerprint density at radius 1 is 1.35 bits per heavy atom. The predicted molar refractivity (Wildman–Crippen MR) is 83.5 cm³/mol. The smallest absolute Gasteiger partial charge is 0.261 e. The number of halogens is 1. The third-order valence-electron chi connectivity index (χ3n) is 2.95. The number of rotatable bonds is 5. The van der Waals surface area contributed by atoms with Crippen molar-refractivity contribution in [3.05, 3.63) is 40.2 Å². The first kappa shape index (κ1) is 15.4. The van der Waals surface area contributed by atoms with Crippen LogP contribution in [0.2, 0.25) is 5.02 Å². The summed E-state index contributed by atoms with van der Waals surface area (Å²) in [5.41, 5.74) is 2.08. The molecule has 0 unspecified atom stereocenters. The minimum absolute atomic E-state index is 0.429. The van der Waals surface area contributed by atoms with Crippen LogP contribution in [0.5, 0.6) is 0 Å². The fourth-order valence-electron chi connectivity index (χ4n) is 1.70. The van der Waals surface area contributed by atoms with Gasteiger partial charge in [-0.25, -0.2) is 4.98 Å². The van der Waals surface area contributed by atoms with Crippen LogP contribution >= 0.6 is 23.4 Å². The molecule has 3 nitrogen and oxygen atoms in total. The summed E-state index contributed by atoms with van der Waals surface area (Å²) in [6.45, 7) is 8.88. The molecule has 1 aromatic heterocycles. The zero-order valence-electron chi connectivity index (χ0n) is 12.2. The van der Waals surface area contributed by atoms with E-state index in [0.29, 0.717) is 11.3 Å². The Hall–Kier alpha value is -0.970. The molecule has 1 heterocycles. The van der Waals surface area contributed by atoms with Gasteiger partial charge in [0.25, 0.3) is 5.22 Å². The highest BCUT2D eigenvalue weighted by atomic mass is 35.5. The summed E-state index contributed by atoms with van der Waals surface area (Å²) in [5.74, 6) is 0.849. The monoisotopic (exact) mass is 310 g/mol. The molecule has 2 aromatic rings. The van der Waals surface area contributed by atoms with Crippen LogP contribution in [0.25, 0.3) is 0 Å². The van der Waals surface area contributed by atoms with Gasteiger partial charge in [-0.05, 0) is 37.2 Å². The van der Waals surface area contributed by atoms with Crippen LogP contribution in [0.3, 0.4) is 0 Å². The third kappa shape index (κ3) is 3.78. The van der Waals surface area contributed by atoms with Gasteiger partial charge in [0.1, 0.15) is 5.76 Å². The lowest BCUT2D eigenvalue weighted by molar-refractivity contribution is 0.431. The second kappa shape index (κ2) is 6.66. The molecule has 5 heteroatoms. The molecule has 0 aliphatic rings. The molecule has 0 spiro atoms. The van der Waals surface area contributed by atoms with E-state index in [1.807, 2.05) is 26.0 Å². The van der Waals surface area contributed by atoms with Crippen LogP contribution in [-0.4, -0.2) is 11.0 Å².